The molecule has 3 heterocycles. The van der Waals surface area contributed by atoms with Crippen LogP contribution < -0.4 is 5.56 Å². The highest BCUT2D eigenvalue weighted by Gasteiger charge is 2.15. The van der Waals surface area contributed by atoms with E-state index in [1.165, 1.54) is 24.7 Å². The van der Waals surface area contributed by atoms with Crippen molar-refractivity contribution in [1.29, 1.82) is 0 Å². The molecule has 0 unspecified atom stereocenters. The van der Waals surface area contributed by atoms with Crippen LogP contribution in [0.2, 0.25) is 0 Å². The van der Waals surface area contributed by atoms with Crippen molar-refractivity contribution < 1.29 is 8.78 Å². The third-order valence-corrected chi connectivity index (χ3v) is 4.99. The van der Waals surface area contributed by atoms with Crippen molar-refractivity contribution in [3.8, 4) is 11.1 Å². The molecule has 0 fully saturated rings. The van der Waals surface area contributed by atoms with E-state index >= 15 is 0 Å². The molecule has 3 aromatic heterocycles. The van der Waals surface area contributed by atoms with Crippen LogP contribution in [0.25, 0.3) is 33.1 Å². The Balaban J connectivity index is 1.54. The van der Waals surface area contributed by atoms with E-state index in [0.29, 0.717) is 16.6 Å². The van der Waals surface area contributed by atoms with Gasteiger partial charge < -0.3 is 0 Å². The molecule has 0 saturated heterocycles. The number of hydrogen-bond acceptors (Lipinski definition) is 4. The Hall–Kier alpha value is -4.00. The van der Waals surface area contributed by atoms with Gasteiger partial charge in [-0.2, -0.15) is 0 Å². The van der Waals surface area contributed by atoms with Gasteiger partial charge in [-0.25, -0.2) is 18.7 Å². The number of hydrogen-bond donors (Lipinski definition) is 0. The molecule has 5 rings (SSSR count). The lowest BCUT2D eigenvalue weighted by Gasteiger charge is -2.11. The molecule has 0 N–H and O–H groups in total. The van der Waals surface area contributed by atoms with Crippen LogP contribution in [-0.4, -0.2) is 19.5 Å². The molecule has 5 nitrogen and oxygen atoms in total. The zero-order chi connectivity index (χ0) is 20.7. The molecule has 7 heteroatoms. The lowest BCUT2D eigenvalue weighted by molar-refractivity contribution is 0.541. The predicted octanol–water partition coefficient (Wildman–Crippen LogP) is 4.33. The number of benzene rings is 2. The van der Waals surface area contributed by atoms with E-state index in [1.54, 1.807) is 30.5 Å². The molecule has 146 valence electrons. The van der Waals surface area contributed by atoms with Crippen LogP contribution in [0, 0.1) is 11.6 Å². The summed E-state index contributed by atoms with van der Waals surface area (Å²) in [6, 6.07) is 15.0. The highest BCUT2D eigenvalue weighted by molar-refractivity contribution is 5.84. The predicted molar refractivity (Wildman–Crippen MR) is 110 cm³/mol. The molecule has 0 saturated carbocycles. The summed E-state index contributed by atoms with van der Waals surface area (Å²) in [5, 5.41) is 0.876. The fourth-order valence-electron chi connectivity index (χ4n) is 3.45. The molecular formula is C23H14F2N4O. The van der Waals surface area contributed by atoms with Crippen molar-refractivity contribution in [2.24, 2.45) is 0 Å². The summed E-state index contributed by atoms with van der Waals surface area (Å²) in [4.78, 5) is 25.0. The van der Waals surface area contributed by atoms with Crippen molar-refractivity contribution in [2.75, 3.05) is 0 Å². The summed E-state index contributed by atoms with van der Waals surface area (Å²) in [7, 11) is 0. The first-order valence-electron chi connectivity index (χ1n) is 9.23. The van der Waals surface area contributed by atoms with Crippen molar-refractivity contribution in [3.05, 3.63) is 101 Å². The summed E-state index contributed by atoms with van der Waals surface area (Å²) < 4.78 is 30.8. The Bertz CT molecular complexity index is 1460. The van der Waals surface area contributed by atoms with Gasteiger partial charge in [-0.3, -0.25) is 14.3 Å². The third-order valence-electron chi connectivity index (χ3n) is 4.99. The van der Waals surface area contributed by atoms with E-state index < -0.39 is 17.2 Å². The van der Waals surface area contributed by atoms with Crippen molar-refractivity contribution in [1.82, 2.24) is 19.5 Å². The molecule has 5 aromatic rings. The summed E-state index contributed by atoms with van der Waals surface area (Å²) in [6.45, 7) is -0.280. The average Bonchev–Trinajstić information content (AvgIpc) is 2.77. The Morgan fingerprint density at radius 1 is 0.800 bits per heavy atom. The van der Waals surface area contributed by atoms with E-state index in [4.69, 9.17) is 0 Å². The molecule has 0 aliphatic carbocycles. The van der Waals surface area contributed by atoms with Gasteiger partial charge in [-0.15, -0.1) is 0 Å². The number of rotatable bonds is 3. The fraction of sp³-hybridized carbons (Fsp3) is 0.0435. The first-order chi connectivity index (χ1) is 14.6. The van der Waals surface area contributed by atoms with E-state index in [-0.39, 0.29) is 17.6 Å². The van der Waals surface area contributed by atoms with Gasteiger partial charge in [0.15, 0.2) is 5.52 Å². The Morgan fingerprint density at radius 3 is 2.40 bits per heavy atom. The zero-order valence-electron chi connectivity index (χ0n) is 15.6. The summed E-state index contributed by atoms with van der Waals surface area (Å²) in [5.41, 5.74) is 1.81. The largest absolute Gasteiger partial charge is 0.293 e. The molecule has 0 radical (unpaired) electrons. The molecule has 0 aliphatic heterocycles. The lowest BCUT2D eigenvalue weighted by atomic mass is 10.0. The van der Waals surface area contributed by atoms with Gasteiger partial charge in [-0.1, -0.05) is 12.1 Å². The molecule has 2 aromatic carbocycles. The quantitative estimate of drug-likeness (QED) is 0.452. The average molecular weight is 400 g/mol. The minimum atomic E-state index is -0.732. The number of pyridine rings is 2. The van der Waals surface area contributed by atoms with E-state index in [9.17, 15) is 13.6 Å². The smallest absolute Gasteiger partial charge is 0.280 e. The SMILES string of the molecule is O=c1c2ncccc2ncn1Cc1c(F)cc(-c2ccc3ncccc3c2)cc1F. The van der Waals surface area contributed by atoms with Gasteiger partial charge in [0.05, 0.1) is 23.9 Å². The summed E-state index contributed by atoms with van der Waals surface area (Å²) in [6.07, 6.45) is 4.44. The number of aromatic nitrogens is 4. The van der Waals surface area contributed by atoms with Gasteiger partial charge >= 0.3 is 0 Å². The van der Waals surface area contributed by atoms with E-state index in [0.717, 1.165) is 15.5 Å². The highest BCUT2D eigenvalue weighted by Crippen LogP contribution is 2.27. The molecule has 30 heavy (non-hydrogen) atoms. The van der Waals surface area contributed by atoms with E-state index in [2.05, 4.69) is 15.0 Å². The van der Waals surface area contributed by atoms with Crippen molar-refractivity contribution >= 4 is 21.9 Å². The number of halogens is 2. The molecule has 0 bridgehead atoms. The standard InChI is InChI=1S/C23H14F2N4O/c24-18-10-16(14-5-6-20-15(9-14)3-1-7-26-20)11-19(25)17(18)12-29-13-28-21-4-2-8-27-22(21)23(29)30/h1-11,13H,12H2. The first-order valence-corrected chi connectivity index (χ1v) is 9.23. The van der Waals surface area contributed by atoms with Crippen LogP contribution in [0.4, 0.5) is 8.78 Å². The van der Waals surface area contributed by atoms with Crippen molar-refractivity contribution in [3.63, 3.8) is 0 Å². The van der Waals surface area contributed by atoms with Crippen LogP contribution >= 0.6 is 0 Å². The maximum Gasteiger partial charge on any atom is 0.280 e. The topological polar surface area (TPSA) is 60.7 Å². The maximum absolute atomic E-state index is 14.8. The molecular weight excluding hydrogens is 386 g/mol. The van der Waals surface area contributed by atoms with Crippen LogP contribution in [0.15, 0.2) is 78.1 Å². The van der Waals surface area contributed by atoms with Crippen LogP contribution in [-0.2, 0) is 6.54 Å². The first kappa shape index (κ1) is 18.1. The maximum atomic E-state index is 14.8. The zero-order valence-corrected chi connectivity index (χ0v) is 15.6. The molecule has 0 atom stereocenters. The molecule has 0 spiro atoms. The fourth-order valence-corrected chi connectivity index (χ4v) is 3.45. The number of nitrogens with zero attached hydrogens (tertiary/aromatic N) is 4. The van der Waals surface area contributed by atoms with Gasteiger partial charge in [0.2, 0.25) is 0 Å². The van der Waals surface area contributed by atoms with E-state index in [1.807, 2.05) is 18.2 Å². The minimum Gasteiger partial charge on any atom is -0.293 e. The van der Waals surface area contributed by atoms with Crippen LogP contribution in [0.5, 0.6) is 0 Å². The third kappa shape index (κ3) is 3.10. The lowest BCUT2D eigenvalue weighted by Crippen LogP contribution is -2.23. The monoisotopic (exact) mass is 400 g/mol. The Morgan fingerprint density at radius 2 is 1.57 bits per heavy atom. The highest BCUT2D eigenvalue weighted by atomic mass is 19.1. The number of fused-ring (bicyclic) bond motifs is 2. The molecule has 0 aliphatic rings. The van der Waals surface area contributed by atoms with Crippen LogP contribution in [0.3, 0.4) is 0 Å². The Labute approximate surface area is 169 Å². The Kier molecular flexibility index (Phi) is 4.28. The summed E-state index contributed by atoms with van der Waals surface area (Å²) in [5.74, 6) is -1.46. The summed E-state index contributed by atoms with van der Waals surface area (Å²) >= 11 is 0. The second kappa shape index (κ2) is 7.11. The van der Waals surface area contributed by atoms with Gasteiger partial charge in [0, 0.05) is 23.3 Å². The second-order valence-electron chi connectivity index (χ2n) is 6.88. The minimum absolute atomic E-state index is 0.155. The van der Waals surface area contributed by atoms with Crippen LogP contribution in [0.1, 0.15) is 5.56 Å². The van der Waals surface area contributed by atoms with Gasteiger partial charge in [0.1, 0.15) is 11.6 Å². The second-order valence-corrected chi connectivity index (χ2v) is 6.88. The van der Waals surface area contributed by atoms with Gasteiger partial charge in [-0.05, 0) is 53.6 Å². The normalized spacial score (nSPS) is 11.3. The molecule has 0 amide bonds. The van der Waals surface area contributed by atoms with Crippen molar-refractivity contribution in [2.45, 2.75) is 6.54 Å². The van der Waals surface area contributed by atoms with Gasteiger partial charge in [0.25, 0.3) is 5.56 Å².